The molecule has 2 N–H and O–H groups in total. The molecule has 0 aliphatic heterocycles. The topological polar surface area (TPSA) is 82.5 Å². The molecule has 0 aliphatic carbocycles. The Morgan fingerprint density at radius 1 is 1.35 bits per heavy atom. The van der Waals surface area contributed by atoms with Crippen molar-refractivity contribution in [1.82, 2.24) is 9.78 Å². The summed E-state index contributed by atoms with van der Waals surface area (Å²) in [5.41, 5.74) is 8.08. The van der Waals surface area contributed by atoms with E-state index in [1.165, 1.54) is 6.07 Å². The molecule has 0 saturated heterocycles. The minimum absolute atomic E-state index is 0.00568. The van der Waals surface area contributed by atoms with Crippen molar-refractivity contribution < 1.29 is 9.63 Å². The summed E-state index contributed by atoms with van der Waals surface area (Å²) < 4.78 is 1.74. The Hall–Kier alpha value is -2.05. The number of rotatable bonds is 5. The van der Waals surface area contributed by atoms with E-state index in [2.05, 4.69) is 10.3 Å². The minimum atomic E-state index is -0.509. The van der Waals surface area contributed by atoms with Gasteiger partial charge in [0.15, 0.2) is 5.84 Å². The molecule has 0 saturated carbocycles. The molecular formula is C15H16Cl2N4O2. The first-order valence-electron chi connectivity index (χ1n) is 6.86. The van der Waals surface area contributed by atoms with Crippen molar-refractivity contribution in [1.29, 1.82) is 0 Å². The molecule has 0 spiro atoms. The van der Waals surface area contributed by atoms with Crippen LogP contribution in [0.3, 0.4) is 0 Å². The van der Waals surface area contributed by atoms with E-state index in [4.69, 9.17) is 33.8 Å². The third-order valence-corrected chi connectivity index (χ3v) is 3.63. The van der Waals surface area contributed by atoms with Crippen LogP contribution in [0, 0.1) is 13.8 Å². The number of carbonyl (C=O) groups is 1. The highest BCUT2D eigenvalue weighted by Crippen LogP contribution is 2.20. The maximum atomic E-state index is 11.7. The molecule has 0 atom stereocenters. The number of nitrogens with zero attached hydrogens (tertiary/aromatic N) is 3. The number of amidine groups is 1. The number of nitrogens with two attached hydrogens (primary N) is 1. The van der Waals surface area contributed by atoms with Crippen LogP contribution in [-0.4, -0.2) is 21.6 Å². The molecule has 0 radical (unpaired) electrons. The van der Waals surface area contributed by atoms with E-state index >= 15 is 0 Å². The van der Waals surface area contributed by atoms with E-state index < -0.39 is 5.97 Å². The summed E-state index contributed by atoms with van der Waals surface area (Å²) in [6.45, 7) is 4.22. The van der Waals surface area contributed by atoms with Gasteiger partial charge in [0.2, 0.25) is 0 Å². The molecule has 6 nitrogen and oxygen atoms in total. The van der Waals surface area contributed by atoms with Gasteiger partial charge in [0, 0.05) is 16.3 Å². The fraction of sp³-hybridized carbons (Fsp3) is 0.267. The van der Waals surface area contributed by atoms with Gasteiger partial charge in [-0.3, -0.25) is 4.68 Å². The Kier molecular flexibility index (Phi) is 5.63. The molecule has 23 heavy (non-hydrogen) atoms. The highest BCUT2D eigenvalue weighted by molar-refractivity contribution is 6.36. The highest BCUT2D eigenvalue weighted by Gasteiger charge is 2.09. The molecule has 0 fully saturated rings. The predicted octanol–water partition coefficient (Wildman–Crippen LogP) is 3.06. The molecule has 0 amide bonds. The Labute approximate surface area is 143 Å². The van der Waals surface area contributed by atoms with Crippen LogP contribution in [0.1, 0.15) is 23.4 Å². The predicted molar refractivity (Wildman–Crippen MR) is 89.6 cm³/mol. The Bertz CT molecular complexity index is 756. The molecule has 122 valence electrons. The molecule has 8 heteroatoms. The number of hydrogen-bond acceptors (Lipinski definition) is 4. The van der Waals surface area contributed by atoms with Crippen molar-refractivity contribution in [3.8, 4) is 0 Å². The summed E-state index contributed by atoms with van der Waals surface area (Å²) in [7, 11) is 0. The van der Waals surface area contributed by atoms with Gasteiger partial charge in [-0.15, -0.1) is 0 Å². The summed E-state index contributed by atoms with van der Waals surface area (Å²) in [4.78, 5) is 16.5. The summed E-state index contributed by atoms with van der Waals surface area (Å²) in [5.74, 6) is -0.503. The Balaban J connectivity index is 1.93. The summed E-state index contributed by atoms with van der Waals surface area (Å²) in [5, 5.41) is 8.69. The second-order valence-electron chi connectivity index (χ2n) is 4.96. The van der Waals surface area contributed by atoms with Crippen molar-refractivity contribution in [2.45, 2.75) is 26.8 Å². The van der Waals surface area contributed by atoms with Crippen molar-refractivity contribution in [2.24, 2.45) is 10.9 Å². The average Bonchev–Trinajstić information content (AvgIpc) is 2.80. The Morgan fingerprint density at radius 2 is 2.09 bits per heavy atom. The second kappa shape index (κ2) is 7.48. The molecular weight excluding hydrogens is 339 g/mol. The SMILES string of the molecule is Cc1cc(C)n(CCC(=O)O/N=C(\N)c2ccc(Cl)cc2Cl)n1. The lowest BCUT2D eigenvalue weighted by Gasteiger charge is -2.05. The molecule has 1 aromatic carbocycles. The lowest BCUT2D eigenvalue weighted by atomic mass is 10.2. The van der Waals surface area contributed by atoms with E-state index in [1.54, 1.807) is 16.8 Å². The molecule has 2 rings (SSSR count). The van der Waals surface area contributed by atoms with Crippen LogP contribution < -0.4 is 5.73 Å². The van der Waals surface area contributed by atoms with E-state index in [1.807, 2.05) is 19.9 Å². The fourth-order valence-corrected chi connectivity index (χ4v) is 2.50. The average molecular weight is 355 g/mol. The smallest absolute Gasteiger partial charge is 0.336 e. The zero-order valence-corrected chi connectivity index (χ0v) is 14.2. The van der Waals surface area contributed by atoms with Gasteiger partial charge >= 0.3 is 5.97 Å². The number of hydrogen-bond donors (Lipinski definition) is 1. The van der Waals surface area contributed by atoms with Crippen LogP contribution in [-0.2, 0) is 16.2 Å². The van der Waals surface area contributed by atoms with Gasteiger partial charge in [-0.05, 0) is 38.1 Å². The normalized spacial score (nSPS) is 11.6. The summed E-state index contributed by atoms with van der Waals surface area (Å²) >= 11 is 11.8. The number of carbonyl (C=O) groups excluding carboxylic acids is 1. The van der Waals surface area contributed by atoms with Crippen molar-refractivity contribution in [2.75, 3.05) is 0 Å². The van der Waals surface area contributed by atoms with Crippen molar-refractivity contribution in [3.63, 3.8) is 0 Å². The summed E-state index contributed by atoms with van der Waals surface area (Å²) in [6.07, 6.45) is 0.132. The molecule has 0 unspecified atom stereocenters. The van der Waals surface area contributed by atoms with Crippen LogP contribution in [0.25, 0.3) is 0 Å². The van der Waals surface area contributed by atoms with Crippen LogP contribution in [0.5, 0.6) is 0 Å². The third-order valence-electron chi connectivity index (χ3n) is 3.08. The van der Waals surface area contributed by atoms with Gasteiger partial charge in [-0.1, -0.05) is 28.4 Å². The number of oxime groups is 1. The summed E-state index contributed by atoms with van der Waals surface area (Å²) in [6, 6.07) is 6.69. The van der Waals surface area contributed by atoms with Gasteiger partial charge in [0.05, 0.1) is 23.7 Å². The van der Waals surface area contributed by atoms with Crippen LogP contribution in [0.4, 0.5) is 0 Å². The van der Waals surface area contributed by atoms with Gasteiger partial charge in [-0.2, -0.15) is 5.10 Å². The van der Waals surface area contributed by atoms with Gasteiger partial charge in [0.25, 0.3) is 0 Å². The minimum Gasteiger partial charge on any atom is -0.380 e. The first-order valence-corrected chi connectivity index (χ1v) is 7.62. The molecule has 1 heterocycles. The lowest BCUT2D eigenvalue weighted by molar-refractivity contribution is -0.144. The molecule has 0 bridgehead atoms. The maximum Gasteiger partial charge on any atom is 0.336 e. The zero-order valence-electron chi connectivity index (χ0n) is 12.7. The zero-order chi connectivity index (χ0) is 17.0. The van der Waals surface area contributed by atoms with Crippen LogP contribution in [0.15, 0.2) is 29.4 Å². The monoisotopic (exact) mass is 354 g/mol. The number of aromatic nitrogens is 2. The number of benzene rings is 1. The van der Waals surface area contributed by atoms with E-state index in [9.17, 15) is 4.79 Å². The fourth-order valence-electron chi connectivity index (χ4n) is 1.99. The molecule has 2 aromatic rings. The highest BCUT2D eigenvalue weighted by atomic mass is 35.5. The lowest BCUT2D eigenvalue weighted by Crippen LogP contribution is -2.16. The number of halogens is 2. The third kappa shape index (κ3) is 4.71. The standard InChI is InChI=1S/C15H16Cl2N4O2/c1-9-7-10(2)21(19-9)6-5-14(22)23-20-15(18)12-4-3-11(16)8-13(12)17/h3-4,7-8H,5-6H2,1-2H3,(H2,18,20). The van der Waals surface area contributed by atoms with Crippen molar-refractivity contribution >= 4 is 35.0 Å². The van der Waals surface area contributed by atoms with E-state index in [0.717, 1.165) is 11.4 Å². The van der Waals surface area contributed by atoms with Gasteiger partial charge in [-0.25, -0.2) is 4.79 Å². The van der Waals surface area contributed by atoms with E-state index in [-0.39, 0.29) is 12.3 Å². The van der Waals surface area contributed by atoms with Crippen LogP contribution >= 0.6 is 23.2 Å². The van der Waals surface area contributed by atoms with Gasteiger partial charge in [0.1, 0.15) is 0 Å². The first-order chi connectivity index (χ1) is 10.9. The number of aryl methyl sites for hydroxylation is 3. The van der Waals surface area contributed by atoms with E-state index in [0.29, 0.717) is 22.2 Å². The quantitative estimate of drug-likeness (QED) is 0.387. The Morgan fingerprint density at radius 3 is 2.70 bits per heavy atom. The maximum absolute atomic E-state index is 11.7. The largest absolute Gasteiger partial charge is 0.380 e. The first kappa shape index (κ1) is 17.3. The van der Waals surface area contributed by atoms with Crippen molar-refractivity contribution in [3.05, 3.63) is 51.3 Å². The molecule has 1 aromatic heterocycles. The molecule has 0 aliphatic rings. The van der Waals surface area contributed by atoms with Gasteiger partial charge < -0.3 is 10.6 Å². The second-order valence-corrected chi connectivity index (χ2v) is 5.81. The van der Waals surface area contributed by atoms with Crippen LogP contribution in [0.2, 0.25) is 10.0 Å².